The van der Waals surface area contributed by atoms with Crippen molar-refractivity contribution in [3.63, 3.8) is 0 Å². The molecule has 2 aromatic heterocycles. The smallest absolute Gasteiger partial charge is 0.135 e. The van der Waals surface area contributed by atoms with Crippen LogP contribution in [0.3, 0.4) is 0 Å². The van der Waals surface area contributed by atoms with Crippen molar-refractivity contribution in [2.75, 3.05) is 0 Å². The van der Waals surface area contributed by atoms with Gasteiger partial charge in [-0.05, 0) is 36.1 Å². The van der Waals surface area contributed by atoms with Crippen LogP contribution >= 0.6 is 0 Å². The van der Waals surface area contributed by atoms with Gasteiger partial charge in [0.05, 0.1) is 16.8 Å². The summed E-state index contributed by atoms with van der Waals surface area (Å²) in [6, 6.07) is 20.6. The number of hydrogen-bond donors (Lipinski definition) is 0. The maximum Gasteiger partial charge on any atom is 0.135 e. The Morgan fingerprint density at radius 3 is 2.54 bits per heavy atom. The fraction of sp³-hybridized carbons (Fsp3) is 0.130. The normalized spacial score (nSPS) is 10.5. The molecule has 0 amide bonds. The standard InChI is InChI=1S/C23H19N3/c1-3-17-16-20-11-7-10-19(12-13-21-14-15-26(2)25-21)23(20)24-22(17)18-8-5-4-6-9-18/h4-11,14-16H,3H2,1-2H3. The van der Waals surface area contributed by atoms with Gasteiger partial charge >= 0.3 is 0 Å². The highest BCUT2D eigenvalue weighted by Gasteiger charge is 2.09. The average molecular weight is 337 g/mol. The molecule has 4 aromatic rings. The van der Waals surface area contributed by atoms with Crippen molar-refractivity contribution in [3.8, 4) is 23.1 Å². The van der Waals surface area contributed by atoms with Crippen molar-refractivity contribution in [1.82, 2.24) is 14.8 Å². The molecular weight excluding hydrogens is 318 g/mol. The molecule has 2 aromatic carbocycles. The zero-order valence-corrected chi connectivity index (χ0v) is 14.9. The van der Waals surface area contributed by atoms with Crippen molar-refractivity contribution >= 4 is 10.9 Å². The predicted octanol–water partition coefficient (Wildman–Crippen LogP) is 4.60. The number of aromatic nitrogens is 3. The van der Waals surface area contributed by atoms with Crippen LogP contribution in [0.1, 0.15) is 23.7 Å². The molecule has 0 aliphatic rings. The van der Waals surface area contributed by atoms with Crippen molar-refractivity contribution in [2.24, 2.45) is 7.05 Å². The Hall–Kier alpha value is -3.38. The number of rotatable bonds is 2. The van der Waals surface area contributed by atoms with E-state index >= 15 is 0 Å². The summed E-state index contributed by atoms with van der Waals surface area (Å²) in [5.74, 6) is 6.38. The molecule has 0 unspecified atom stereocenters. The first-order chi connectivity index (χ1) is 12.7. The van der Waals surface area contributed by atoms with Gasteiger partial charge in [-0.25, -0.2) is 4.98 Å². The van der Waals surface area contributed by atoms with Gasteiger partial charge < -0.3 is 0 Å². The molecule has 0 bridgehead atoms. The van der Waals surface area contributed by atoms with Crippen LogP contribution in [0.4, 0.5) is 0 Å². The molecule has 0 N–H and O–H groups in total. The second kappa shape index (κ2) is 6.85. The molecule has 4 rings (SSSR count). The molecule has 0 aliphatic heterocycles. The number of nitrogens with zero attached hydrogens (tertiary/aromatic N) is 3. The third-order valence-corrected chi connectivity index (χ3v) is 4.39. The number of pyridine rings is 1. The summed E-state index contributed by atoms with van der Waals surface area (Å²) in [6.45, 7) is 2.17. The molecular formula is C23H19N3. The number of fused-ring (bicyclic) bond motifs is 1. The van der Waals surface area contributed by atoms with Gasteiger partial charge in [-0.1, -0.05) is 55.3 Å². The van der Waals surface area contributed by atoms with Gasteiger partial charge in [-0.3, -0.25) is 4.68 Å². The first kappa shape index (κ1) is 16.1. The summed E-state index contributed by atoms with van der Waals surface area (Å²) in [5, 5.41) is 5.44. The maximum absolute atomic E-state index is 5.01. The minimum atomic E-state index is 0.762. The maximum atomic E-state index is 5.01. The highest BCUT2D eigenvalue weighted by molar-refractivity contribution is 5.88. The lowest BCUT2D eigenvalue weighted by Gasteiger charge is -2.10. The van der Waals surface area contributed by atoms with Gasteiger partial charge in [0.1, 0.15) is 5.69 Å². The quantitative estimate of drug-likeness (QED) is 0.501. The van der Waals surface area contributed by atoms with Crippen molar-refractivity contribution in [1.29, 1.82) is 0 Å². The van der Waals surface area contributed by atoms with Gasteiger partial charge in [0.2, 0.25) is 0 Å². The first-order valence-electron chi connectivity index (χ1n) is 8.74. The monoisotopic (exact) mass is 337 g/mol. The summed E-state index contributed by atoms with van der Waals surface area (Å²) in [6.07, 6.45) is 2.84. The SMILES string of the molecule is CCc1cc2cccc(C#Cc3ccn(C)n3)c2nc1-c1ccccc1. The van der Waals surface area contributed by atoms with E-state index in [-0.39, 0.29) is 0 Å². The third kappa shape index (κ3) is 3.10. The van der Waals surface area contributed by atoms with E-state index in [0.717, 1.165) is 39.8 Å². The lowest BCUT2D eigenvalue weighted by molar-refractivity contribution is 0.764. The lowest BCUT2D eigenvalue weighted by atomic mass is 10.00. The third-order valence-electron chi connectivity index (χ3n) is 4.39. The van der Waals surface area contributed by atoms with Crippen LogP contribution in [-0.2, 0) is 13.5 Å². The van der Waals surface area contributed by atoms with Crippen LogP contribution in [-0.4, -0.2) is 14.8 Å². The highest BCUT2D eigenvalue weighted by atomic mass is 15.2. The number of para-hydroxylation sites is 1. The Labute approximate surface area is 153 Å². The van der Waals surface area contributed by atoms with Crippen LogP contribution in [0.2, 0.25) is 0 Å². The summed E-state index contributed by atoms with van der Waals surface area (Å²) in [5.41, 5.74) is 6.04. The van der Waals surface area contributed by atoms with Crippen LogP contribution < -0.4 is 0 Å². The molecule has 2 heterocycles. The largest absolute Gasteiger partial charge is 0.275 e. The van der Waals surface area contributed by atoms with Gasteiger partial charge in [0.15, 0.2) is 0 Å². The van der Waals surface area contributed by atoms with E-state index in [0.29, 0.717) is 0 Å². The van der Waals surface area contributed by atoms with E-state index < -0.39 is 0 Å². The molecule has 3 nitrogen and oxygen atoms in total. The topological polar surface area (TPSA) is 30.7 Å². The van der Waals surface area contributed by atoms with E-state index in [4.69, 9.17) is 4.98 Å². The van der Waals surface area contributed by atoms with Crippen LogP contribution in [0.25, 0.3) is 22.2 Å². The number of benzene rings is 2. The van der Waals surface area contributed by atoms with Gasteiger partial charge in [0, 0.05) is 24.2 Å². The summed E-state index contributed by atoms with van der Waals surface area (Å²) >= 11 is 0. The minimum absolute atomic E-state index is 0.762. The van der Waals surface area contributed by atoms with Crippen LogP contribution in [0.15, 0.2) is 66.9 Å². The first-order valence-corrected chi connectivity index (χ1v) is 8.74. The Balaban J connectivity index is 1.89. The summed E-state index contributed by atoms with van der Waals surface area (Å²) in [4.78, 5) is 5.01. The van der Waals surface area contributed by atoms with Crippen LogP contribution in [0.5, 0.6) is 0 Å². The fourth-order valence-electron chi connectivity index (χ4n) is 3.07. The van der Waals surface area contributed by atoms with E-state index in [1.807, 2.05) is 49.6 Å². The van der Waals surface area contributed by atoms with Crippen molar-refractivity contribution < 1.29 is 0 Å². The number of hydrogen-bond acceptors (Lipinski definition) is 2. The molecule has 0 saturated carbocycles. The average Bonchev–Trinajstić information content (AvgIpc) is 3.11. The predicted molar refractivity (Wildman–Crippen MR) is 106 cm³/mol. The molecule has 0 radical (unpaired) electrons. The molecule has 0 spiro atoms. The Morgan fingerprint density at radius 2 is 1.81 bits per heavy atom. The minimum Gasteiger partial charge on any atom is -0.275 e. The zero-order chi connectivity index (χ0) is 17.9. The van der Waals surface area contributed by atoms with E-state index in [1.165, 1.54) is 5.56 Å². The number of aryl methyl sites for hydroxylation is 2. The Kier molecular flexibility index (Phi) is 4.25. The van der Waals surface area contributed by atoms with Gasteiger partial charge in [-0.15, -0.1) is 0 Å². The molecule has 0 atom stereocenters. The van der Waals surface area contributed by atoms with Gasteiger partial charge in [0.25, 0.3) is 0 Å². The second-order valence-corrected chi connectivity index (χ2v) is 6.22. The summed E-state index contributed by atoms with van der Waals surface area (Å²) < 4.78 is 1.76. The highest BCUT2D eigenvalue weighted by Crippen LogP contribution is 2.27. The molecule has 26 heavy (non-hydrogen) atoms. The van der Waals surface area contributed by atoms with E-state index in [9.17, 15) is 0 Å². The summed E-state index contributed by atoms with van der Waals surface area (Å²) in [7, 11) is 1.89. The Morgan fingerprint density at radius 1 is 0.962 bits per heavy atom. The van der Waals surface area contributed by atoms with Crippen molar-refractivity contribution in [3.05, 3.63) is 83.7 Å². The molecule has 0 aliphatic carbocycles. The lowest BCUT2D eigenvalue weighted by Crippen LogP contribution is -1.95. The van der Waals surface area contributed by atoms with E-state index in [2.05, 4.69) is 48.1 Å². The Bertz CT molecular complexity index is 1130. The molecule has 0 fully saturated rings. The molecule has 0 saturated heterocycles. The van der Waals surface area contributed by atoms with E-state index in [1.54, 1.807) is 4.68 Å². The molecule has 3 heteroatoms. The fourth-order valence-corrected chi connectivity index (χ4v) is 3.07. The van der Waals surface area contributed by atoms with Crippen LogP contribution in [0, 0.1) is 11.8 Å². The van der Waals surface area contributed by atoms with Gasteiger partial charge in [-0.2, -0.15) is 5.10 Å². The molecule has 126 valence electrons. The second-order valence-electron chi connectivity index (χ2n) is 6.22. The van der Waals surface area contributed by atoms with Crippen molar-refractivity contribution in [2.45, 2.75) is 13.3 Å². The zero-order valence-electron chi connectivity index (χ0n) is 14.9.